The lowest BCUT2D eigenvalue weighted by atomic mass is 9.94. The highest BCUT2D eigenvalue weighted by molar-refractivity contribution is 6.50. The fourth-order valence-electron chi connectivity index (χ4n) is 3.28. The number of fused-ring (bicyclic) bond motifs is 1. The predicted molar refractivity (Wildman–Crippen MR) is 107 cm³/mol. The number of rotatable bonds is 13. The number of allylic oxidation sites excluding steroid dienone is 1. The van der Waals surface area contributed by atoms with Crippen molar-refractivity contribution in [3.8, 4) is 0 Å². The van der Waals surface area contributed by atoms with Gasteiger partial charge in [-0.1, -0.05) is 49.9 Å². The second-order valence-electron chi connectivity index (χ2n) is 7.20. The molecule has 0 spiro atoms. The van der Waals surface area contributed by atoms with Gasteiger partial charge in [-0.15, -0.1) is 0 Å². The van der Waals surface area contributed by atoms with Crippen LogP contribution in [0.25, 0.3) is 5.76 Å². The van der Waals surface area contributed by atoms with Crippen molar-refractivity contribution in [2.45, 2.75) is 63.8 Å². The molecule has 0 aromatic heterocycles. The number of hydrogen-bond donors (Lipinski definition) is 2. The molecular weight excluding hydrogens is 358 g/mol. The molecule has 0 amide bonds. The van der Waals surface area contributed by atoms with Crippen LogP contribution in [0.2, 0.25) is 0 Å². The van der Waals surface area contributed by atoms with Gasteiger partial charge in [-0.05, 0) is 25.7 Å². The van der Waals surface area contributed by atoms with Crippen molar-refractivity contribution in [3.05, 3.63) is 41.5 Å². The number of benzene rings is 1. The first-order valence-corrected chi connectivity index (χ1v) is 9.99. The highest BCUT2D eigenvalue weighted by atomic mass is 16.5. The van der Waals surface area contributed by atoms with Crippen molar-refractivity contribution < 1.29 is 24.2 Å². The fourth-order valence-corrected chi connectivity index (χ4v) is 3.28. The number of carboxylic acids is 1. The Balaban J connectivity index is 1.58. The van der Waals surface area contributed by atoms with E-state index in [2.05, 4.69) is 0 Å². The van der Waals surface area contributed by atoms with E-state index in [1.54, 1.807) is 18.2 Å². The van der Waals surface area contributed by atoms with E-state index in [4.69, 9.17) is 15.6 Å². The maximum atomic E-state index is 11.9. The monoisotopic (exact) mass is 387 g/mol. The number of hydrogen-bond acceptors (Lipinski definition) is 5. The van der Waals surface area contributed by atoms with Gasteiger partial charge in [0.15, 0.2) is 0 Å². The SMILES string of the molecule is NC(CCCCCCOC1=CC(=O)C(=O)c2ccccc21)CCCCC(=O)O. The number of aliphatic carboxylic acids is 1. The van der Waals surface area contributed by atoms with Crippen molar-refractivity contribution in [2.24, 2.45) is 5.73 Å². The number of nitrogens with two attached hydrogens (primary N) is 1. The zero-order valence-corrected chi connectivity index (χ0v) is 16.2. The second-order valence-corrected chi connectivity index (χ2v) is 7.20. The summed E-state index contributed by atoms with van der Waals surface area (Å²) in [7, 11) is 0. The van der Waals surface area contributed by atoms with Gasteiger partial charge in [0, 0.05) is 29.7 Å². The maximum Gasteiger partial charge on any atom is 0.303 e. The lowest BCUT2D eigenvalue weighted by Crippen LogP contribution is -2.19. The van der Waals surface area contributed by atoms with Crippen LogP contribution in [0.4, 0.5) is 0 Å². The Labute approximate surface area is 165 Å². The average Bonchev–Trinajstić information content (AvgIpc) is 2.68. The standard InChI is InChI=1S/C22H29NO5/c23-16(10-4-7-13-21(25)26)9-3-1-2-8-14-28-20-15-19(24)22(27)18-12-6-5-11-17(18)20/h5-6,11-12,15-16H,1-4,7-10,13-14,23H2,(H,25,26). The molecule has 0 fully saturated rings. The molecule has 152 valence electrons. The lowest BCUT2D eigenvalue weighted by Gasteiger charge is -2.17. The molecule has 0 saturated carbocycles. The summed E-state index contributed by atoms with van der Waals surface area (Å²) in [5.74, 6) is -1.30. The third-order valence-corrected chi connectivity index (χ3v) is 4.87. The smallest absolute Gasteiger partial charge is 0.303 e. The number of carbonyl (C=O) groups excluding carboxylic acids is 2. The molecule has 0 aliphatic heterocycles. The summed E-state index contributed by atoms with van der Waals surface area (Å²) < 4.78 is 5.76. The number of Topliss-reactive ketones (excluding diaryl/α,β-unsaturated/α-hetero) is 1. The molecule has 0 saturated heterocycles. The highest BCUT2D eigenvalue weighted by Gasteiger charge is 2.26. The van der Waals surface area contributed by atoms with Crippen LogP contribution in [0.15, 0.2) is 30.3 Å². The number of unbranched alkanes of at least 4 members (excludes halogenated alkanes) is 4. The third-order valence-electron chi connectivity index (χ3n) is 4.87. The van der Waals surface area contributed by atoms with E-state index in [9.17, 15) is 14.4 Å². The zero-order chi connectivity index (χ0) is 20.4. The first-order valence-electron chi connectivity index (χ1n) is 9.99. The molecule has 6 heteroatoms. The van der Waals surface area contributed by atoms with Crippen molar-refractivity contribution in [2.75, 3.05) is 6.61 Å². The molecule has 6 nitrogen and oxygen atoms in total. The Morgan fingerprint density at radius 3 is 2.32 bits per heavy atom. The first kappa shape index (κ1) is 21.8. The average molecular weight is 387 g/mol. The number of carboxylic acid groups (broad SMARTS) is 1. The van der Waals surface area contributed by atoms with Gasteiger partial charge in [0.25, 0.3) is 0 Å². The van der Waals surface area contributed by atoms with Gasteiger partial charge in [-0.25, -0.2) is 0 Å². The Morgan fingerprint density at radius 1 is 0.964 bits per heavy atom. The van der Waals surface area contributed by atoms with Gasteiger partial charge < -0.3 is 15.6 Å². The van der Waals surface area contributed by atoms with Crippen LogP contribution in [-0.2, 0) is 14.3 Å². The van der Waals surface area contributed by atoms with E-state index >= 15 is 0 Å². The van der Waals surface area contributed by atoms with E-state index in [0.717, 1.165) is 44.9 Å². The molecule has 1 unspecified atom stereocenters. The molecule has 0 radical (unpaired) electrons. The molecule has 1 aromatic carbocycles. The fraction of sp³-hybridized carbons (Fsp3) is 0.500. The number of ketones is 2. The molecule has 3 N–H and O–H groups in total. The summed E-state index contributed by atoms with van der Waals surface area (Å²) in [6.45, 7) is 0.503. The normalized spacial score (nSPS) is 14.4. The van der Waals surface area contributed by atoms with Crippen molar-refractivity contribution in [3.63, 3.8) is 0 Å². The van der Waals surface area contributed by atoms with Crippen molar-refractivity contribution in [1.29, 1.82) is 0 Å². The number of ether oxygens (including phenoxy) is 1. The van der Waals surface area contributed by atoms with Gasteiger partial charge >= 0.3 is 5.97 Å². The molecule has 0 heterocycles. The minimum absolute atomic E-state index is 0.137. The zero-order valence-electron chi connectivity index (χ0n) is 16.2. The topological polar surface area (TPSA) is 107 Å². The Morgan fingerprint density at radius 2 is 1.61 bits per heavy atom. The first-order chi connectivity index (χ1) is 13.5. The summed E-state index contributed by atoms with van der Waals surface area (Å²) in [4.78, 5) is 34.1. The Hall–Kier alpha value is -2.47. The third kappa shape index (κ3) is 6.93. The van der Waals surface area contributed by atoms with Gasteiger partial charge in [0.1, 0.15) is 5.76 Å². The molecule has 1 aliphatic carbocycles. The van der Waals surface area contributed by atoms with Gasteiger partial charge in [-0.3, -0.25) is 14.4 Å². The quantitative estimate of drug-likeness (QED) is 0.394. The van der Waals surface area contributed by atoms with Gasteiger partial charge in [-0.2, -0.15) is 0 Å². The van der Waals surface area contributed by atoms with Crippen molar-refractivity contribution >= 4 is 23.3 Å². The molecule has 0 bridgehead atoms. The summed E-state index contributed by atoms with van der Waals surface area (Å²) >= 11 is 0. The van der Waals surface area contributed by atoms with Crippen LogP contribution in [-0.4, -0.2) is 35.3 Å². The van der Waals surface area contributed by atoms with Crippen molar-refractivity contribution in [1.82, 2.24) is 0 Å². The van der Waals surface area contributed by atoms with Gasteiger partial charge in [0.2, 0.25) is 11.6 Å². The highest BCUT2D eigenvalue weighted by Crippen LogP contribution is 2.26. The molecule has 1 aliphatic rings. The summed E-state index contributed by atoms with van der Waals surface area (Å²) in [6.07, 6.45) is 8.84. The lowest BCUT2D eigenvalue weighted by molar-refractivity contribution is -0.137. The van der Waals surface area contributed by atoms with E-state index < -0.39 is 17.5 Å². The summed E-state index contributed by atoms with van der Waals surface area (Å²) in [6, 6.07) is 7.14. The minimum Gasteiger partial charge on any atom is -0.493 e. The Kier molecular flexibility index (Phi) is 8.88. The van der Waals surface area contributed by atoms with Crippen LogP contribution in [0, 0.1) is 0 Å². The summed E-state index contributed by atoms with van der Waals surface area (Å²) in [5, 5.41) is 8.60. The molecule has 28 heavy (non-hydrogen) atoms. The van der Waals surface area contributed by atoms with E-state index in [1.165, 1.54) is 6.08 Å². The van der Waals surface area contributed by atoms with E-state index in [0.29, 0.717) is 29.9 Å². The Bertz CT molecular complexity index is 725. The van der Waals surface area contributed by atoms with Crippen LogP contribution >= 0.6 is 0 Å². The van der Waals surface area contributed by atoms with Crippen LogP contribution in [0.5, 0.6) is 0 Å². The van der Waals surface area contributed by atoms with E-state index in [-0.39, 0.29) is 12.5 Å². The molecule has 2 rings (SSSR count). The largest absolute Gasteiger partial charge is 0.493 e. The second kappa shape index (κ2) is 11.4. The number of carbonyl (C=O) groups is 3. The van der Waals surface area contributed by atoms with Gasteiger partial charge in [0.05, 0.1) is 6.61 Å². The molecule has 1 atom stereocenters. The molecule has 1 aromatic rings. The maximum absolute atomic E-state index is 11.9. The molecular formula is C22H29NO5. The van der Waals surface area contributed by atoms with E-state index in [1.807, 2.05) is 6.07 Å². The van der Waals surface area contributed by atoms with Crippen LogP contribution in [0.3, 0.4) is 0 Å². The van der Waals surface area contributed by atoms with Crippen LogP contribution in [0.1, 0.15) is 73.7 Å². The van der Waals surface area contributed by atoms with Crippen LogP contribution < -0.4 is 5.73 Å². The minimum atomic E-state index is -0.751. The predicted octanol–water partition coefficient (Wildman–Crippen LogP) is 3.73. The summed E-state index contributed by atoms with van der Waals surface area (Å²) in [5.41, 5.74) is 7.15.